The van der Waals surface area contributed by atoms with Crippen molar-refractivity contribution in [2.45, 2.75) is 13.0 Å². The van der Waals surface area contributed by atoms with E-state index in [4.69, 9.17) is 9.52 Å². The van der Waals surface area contributed by atoms with Gasteiger partial charge in [-0.3, -0.25) is 4.79 Å². The fraction of sp³-hybridized carbons (Fsp3) is 0.0870. The number of rotatable bonds is 6. The summed E-state index contributed by atoms with van der Waals surface area (Å²) in [6.45, 7) is 1.84. The number of carboxylic acid groups (broad SMARTS) is 1. The monoisotopic (exact) mass is 386 g/mol. The van der Waals surface area contributed by atoms with Gasteiger partial charge in [0, 0.05) is 11.6 Å². The molecule has 0 unspecified atom stereocenters. The van der Waals surface area contributed by atoms with E-state index in [9.17, 15) is 14.9 Å². The maximum atomic E-state index is 12.4. The summed E-state index contributed by atoms with van der Waals surface area (Å²) in [5, 5.41) is 21.3. The number of aromatic carboxylic acids is 1. The fourth-order valence-corrected chi connectivity index (χ4v) is 2.78. The zero-order chi connectivity index (χ0) is 20.8. The van der Waals surface area contributed by atoms with Gasteiger partial charge < -0.3 is 14.8 Å². The van der Waals surface area contributed by atoms with Crippen LogP contribution in [0.2, 0.25) is 0 Å². The van der Waals surface area contributed by atoms with Gasteiger partial charge in [-0.15, -0.1) is 0 Å². The lowest BCUT2D eigenvalue weighted by atomic mass is 10.1. The van der Waals surface area contributed by atoms with Crippen LogP contribution in [0.1, 0.15) is 34.6 Å². The second-order valence-corrected chi connectivity index (χ2v) is 6.36. The zero-order valence-corrected chi connectivity index (χ0v) is 15.6. The number of nitrogens with zero attached hydrogens (tertiary/aromatic N) is 1. The van der Waals surface area contributed by atoms with E-state index in [-0.39, 0.29) is 17.2 Å². The van der Waals surface area contributed by atoms with Crippen LogP contribution in [0.5, 0.6) is 0 Å². The highest BCUT2D eigenvalue weighted by Crippen LogP contribution is 2.24. The molecule has 0 fully saturated rings. The summed E-state index contributed by atoms with van der Waals surface area (Å²) in [4.78, 5) is 23.6. The Labute approximate surface area is 167 Å². The average molecular weight is 386 g/mol. The molecule has 0 spiro atoms. The van der Waals surface area contributed by atoms with Crippen molar-refractivity contribution in [3.63, 3.8) is 0 Å². The molecule has 1 amide bonds. The lowest BCUT2D eigenvalue weighted by molar-refractivity contribution is -0.117. The molecule has 0 radical (unpaired) electrons. The molecule has 0 saturated carbocycles. The number of carbonyl (C=O) groups is 2. The van der Waals surface area contributed by atoms with Gasteiger partial charge in [-0.25, -0.2) is 4.79 Å². The molecular formula is C23H18N2O4. The molecule has 1 aromatic heterocycles. The molecule has 3 rings (SSSR count). The van der Waals surface area contributed by atoms with Crippen LogP contribution < -0.4 is 5.32 Å². The number of nitriles is 1. The van der Waals surface area contributed by atoms with Gasteiger partial charge >= 0.3 is 5.97 Å². The topological polar surface area (TPSA) is 103 Å². The number of nitrogens with one attached hydrogen (secondary N) is 1. The zero-order valence-electron chi connectivity index (χ0n) is 15.6. The van der Waals surface area contributed by atoms with E-state index in [1.165, 1.54) is 18.2 Å². The predicted molar refractivity (Wildman–Crippen MR) is 108 cm³/mol. The van der Waals surface area contributed by atoms with Gasteiger partial charge in [0.25, 0.3) is 5.91 Å². The van der Waals surface area contributed by atoms with E-state index in [2.05, 4.69) is 5.32 Å². The molecule has 3 aromatic rings. The smallest absolute Gasteiger partial charge is 0.335 e. The number of hydrogen-bond acceptors (Lipinski definition) is 4. The number of benzene rings is 2. The third-order valence-electron chi connectivity index (χ3n) is 4.32. The minimum atomic E-state index is -1.03. The Kier molecular flexibility index (Phi) is 5.91. The van der Waals surface area contributed by atoms with Crippen molar-refractivity contribution >= 4 is 18.0 Å². The average Bonchev–Trinajstić information content (AvgIpc) is 3.21. The molecule has 6 heteroatoms. The van der Waals surface area contributed by atoms with Gasteiger partial charge in [0.2, 0.25) is 0 Å². The van der Waals surface area contributed by atoms with Gasteiger partial charge in [-0.2, -0.15) is 5.26 Å². The molecule has 0 bridgehead atoms. The van der Waals surface area contributed by atoms with E-state index in [1.807, 2.05) is 43.3 Å². The van der Waals surface area contributed by atoms with Crippen LogP contribution in [0, 0.1) is 11.3 Å². The Morgan fingerprint density at radius 2 is 1.86 bits per heavy atom. The molecule has 2 N–H and O–H groups in total. The Morgan fingerprint density at radius 3 is 2.55 bits per heavy atom. The van der Waals surface area contributed by atoms with Crippen LogP contribution in [0.25, 0.3) is 17.4 Å². The van der Waals surface area contributed by atoms with Crippen molar-refractivity contribution in [3.8, 4) is 17.4 Å². The molecule has 1 heterocycles. The largest absolute Gasteiger partial charge is 0.478 e. The first-order chi connectivity index (χ1) is 14.0. The van der Waals surface area contributed by atoms with E-state index in [0.29, 0.717) is 17.1 Å². The summed E-state index contributed by atoms with van der Waals surface area (Å²) in [5.41, 5.74) is 1.57. The second kappa shape index (κ2) is 8.72. The number of carboxylic acids is 1. The third-order valence-corrected chi connectivity index (χ3v) is 4.32. The van der Waals surface area contributed by atoms with E-state index in [0.717, 1.165) is 5.56 Å². The number of furan rings is 1. The van der Waals surface area contributed by atoms with Crippen LogP contribution in [-0.4, -0.2) is 17.0 Å². The Balaban J connectivity index is 1.78. The Hall–Kier alpha value is -4.11. The summed E-state index contributed by atoms with van der Waals surface area (Å²) < 4.78 is 5.68. The van der Waals surface area contributed by atoms with Crippen LogP contribution >= 0.6 is 0 Å². The van der Waals surface area contributed by atoms with Crippen molar-refractivity contribution in [1.29, 1.82) is 5.26 Å². The SMILES string of the molecule is C[C@@H](NC(=O)/C(C#N)=C/c1ccc(-c2cccc(C(=O)O)c2)o1)c1ccccc1. The first-order valence-corrected chi connectivity index (χ1v) is 8.89. The van der Waals surface area contributed by atoms with Gasteiger partial charge in [0.1, 0.15) is 23.2 Å². The maximum absolute atomic E-state index is 12.4. The summed E-state index contributed by atoms with van der Waals surface area (Å²) in [6.07, 6.45) is 1.36. The standard InChI is InChI=1S/C23H18N2O4/c1-15(16-6-3-2-4-7-16)25-22(26)19(14-24)13-20-10-11-21(29-20)17-8-5-9-18(12-17)23(27)28/h2-13,15H,1H3,(H,25,26)(H,27,28)/b19-13+/t15-/m1/s1. The predicted octanol–water partition coefficient (Wildman–Crippen LogP) is 4.43. The molecule has 6 nitrogen and oxygen atoms in total. The van der Waals surface area contributed by atoms with Crippen LogP contribution in [0.3, 0.4) is 0 Å². The van der Waals surface area contributed by atoms with Crippen molar-refractivity contribution in [1.82, 2.24) is 5.32 Å². The maximum Gasteiger partial charge on any atom is 0.335 e. The quantitative estimate of drug-likeness (QED) is 0.482. The molecule has 144 valence electrons. The number of amides is 1. The molecule has 0 aliphatic rings. The Morgan fingerprint density at radius 1 is 1.10 bits per heavy atom. The normalized spacial score (nSPS) is 12.1. The van der Waals surface area contributed by atoms with Crippen LogP contribution in [0.15, 0.2) is 76.7 Å². The van der Waals surface area contributed by atoms with Crippen molar-refractivity contribution in [3.05, 3.63) is 89.2 Å². The molecule has 0 aliphatic carbocycles. The molecular weight excluding hydrogens is 368 g/mol. The van der Waals surface area contributed by atoms with Gasteiger partial charge in [0.15, 0.2) is 0 Å². The number of hydrogen-bond donors (Lipinski definition) is 2. The van der Waals surface area contributed by atoms with Crippen LogP contribution in [0.4, 0.5) is 0 Å². The van der Waals surface area contributed by atoms with Crippen molar-refractivity contribution in [2.24, 2.45) is 0 Å². The highest BCUT2D eigenvalue weighted by molar-refractivity contribution is 6.01. The molecule has 0 saturated heterocycles. The molecule has 29 heavy (non-hydrogen) atoms. The fourth-order valence-electron chi connectivity index (χ4n) is 2.78. The van der Waals surface area contributed by atoms with E-state index in [1.54, 1.807) is 24.3 Å². The summed E-state index contributed by atoms with van der Waals surface area (Å²) >= 11 is 0. The van der Waals surface area contributed by atoms with Gasteiger partial charge in [-0.05, 0) is 36.8 Å². The van der Waals surface area contributed by atoms with Crippen LogP contribution in [-0.2, 0) is 4.79 Å². The molecule has 2 aromatic carbocycles. The first-order valence-electron chi connectivity index (χ1n) is 8.89. The van der Waals surface area contributed by atoms with Crippen molar-refractivity contribution < 1.29 is 19.1 Å². The summed E-state index contributed by atoms with van der Waals surface area (Å²) in [6, 6.07) is 20.7. The summed E-state index contributed by atoms with van der Waals surface area (Å²) in [7, 11) is 0. The van der Waals surface area contributed by atoms with E-state index < -0.39 is 11.9 Å². The minimum Gasteiger partial charge on any atom is -0.478 e. The third kappa shape index (κ3) is 4.79. The van der Waals surface area contributed by atoms with Gasteiger partial charge in [-0.1, -0.05) is 42.5 Å². The molecule has 0 aliphatic heterocycles. The Bertz CT molecular complexity index is 1110. The second-order valence-electron chi connectivity index (χ2n) is 6.36. The van der Waals surface area contributed by atoms with Gasteiger partial charge in [0.05, 0.1) is 11.6 Å². The number of carbonyl (C=O) groups excluding carboxylic acids is 1. The minimum absolute atomic E-state index is 0.0898. The first kappa shape index (κ1) is 19.6. The highest BCUT2D eigenvalue weighted by atomic mass is 16.4. The lowest BCUT2D eigenvalue weighted by Crippen LogP contribution is -2.27. The van der Waals surface area contributed by atoms with E-state index >= 15 is 0 Å². The van der Waals surface area contributed by atoms with Crippen molar-refractivity contribution in [2.75, 3.05) is 0 Å². The lowest BCUT2D eigenvalue weighted by Gasteiger charge is -2.13. The highest BCUT2D eigenvalue weighted by Gasteiger charge is 2.15. The molecule has 1 atom stereocenters. The summed E-state index contributed by atoms with van der Waals surface area (Å²) in [5.74, 6) is -0.779.